The number of fused-ring (bicyclic) bond motifs is 1. The molecule has 5 heteroatoms. The highest BCUT2D eigenvalue weighted by Crippen LogP contribution is 2.31. The molecule has 19 heavy (non-hydrogen) atoms. The molecule has 1 heterocycles. The first-order valence-corrected chi connectivity index (χ1v) is 8.30. The second-order valence-corrected chi connectivity index (χ2v) is 6.97. The number of halogens is 1. The van der Waals surface area contributed by atoms with Gasteiger partial charge in [0.25, 0.3) is 0 Å². The maximum atomic E-state index is 11.8. The van der Waals surface area contributed by atoms with Gasteiger partial charge in [0.05, 0.1) is 16.3 Å². The van der Waals surface area contributed by atoms with E-state index in [9.17, 15) is 4.79 Å². The first-order valence-electron chi connectivity index (χ1n) is 6.12. The third-order valence-corrected chi connectivity index (χ3v) is 5.58. The van der Waals surface area contributed by atoms with Crippen LogP contribution in [-0.2, 0) is 12.2 Å². The van der Waals surface area contributed by atoms with Crippen LogP contribution in [0.15, 0.2) is 29.2 Å². The Morgan fingerprint density at radius 2 is 2.05 bits per heavy atom. The second-order valence-electron chi connectivity index (χ2n) is 4.40. The molecular weight excluding hydrogens is 298 g/mol. The monoisotopic (exact) mass is 309 g/mol. The van der Waals surface area contributed by atoms with Crippen LogP contribution in [0.3, 0.4) is 0 Å². The summed E-state index contributed by atoms with van der Waals surface area (Å²) in [6.45, 7) is 0. The number of thioether (sulfide) groups is 1. The van der Waals surface area contributed by atoms with E-state index in [0.29, 0.717) is 6.42 Å². The van der Waals surface area contributed by atoms with E-state index in [4.69, 9.17) is 11.6 Å². The van der Waals surface area contributed by atoms with Crippen LogP contribution in [-0.4, -0.2) is 10.8 Å². The lowest BCUT2D eigenvalue weighted by molar-refractivity contribution is 0.0976. The Bertz CT molecular complexity index is 606. The van der Waals surface area contributed by atoms with Gasteiger partial charge in [-0.25, -0.2) is 4.98 Å². The average Bonchev–Trinajstić information content (AvgIpc) is 2.83. The van der Waals surface area contributed by atoms with Crippen LogP contribution < -0.4 is 0 Å². The van der Waals surface area contributed by atoms with Crippen LogP contribution in [0.5, 0.6) is 0 Å². The Hall–Kier alpha value is -0.840. The topological polar surface area (TPSA) is 30.0 Å². The number of hydrogen-bond donors (Lipinski definition) is 0. The van der Waals surface area contributed by atoms with Gasteiger partial charge in [-0.2, -0.15) is 0 Å². The van der Waals surface area contributed by atoms with E-state index in [0.717, 1.165) is 39.2 Å². The van der Waals surface area contributed by atoms with Gasteiger partial charge < -0.3 is 0 Å². The van der Waals surface area contributed by atoms with Crippen molar-refractivity contribution in [2.45, 2.75) is 29.9 Å². The summed E-state index contributed by atoms with van der Waals surface area (Å²) in [7, 11) is 0. The SMILES string of the molecule is O=C1CCCc2nc(CSc3ccc(Cl)cc3)sc21. The molecule has 0 amide bonds. The zero-order valence-corrected chi connectivity index (χ0v) is 12.6. The Kier molecular flexibility index (Phi) is 3.91. The summed E-state index contributed by atoms with van der Waals surface area (Å²) in [5, 5.41) is 1.79. The van der Waals surface area contributed by atoms with Gasteiger partial charge in [0.2, 0.25) is 0 Å². The number of hydrogen-bond acceptors (Lipinski definition) is 4. The molecule has 3 rings (SSSR count). The van der Waals surface area contributed by atoms with Crippen LogP contribution in [0.2, 0.25) is 5.02 Å². The summed E-state index contributed by atoms with van der Waals surface area (Å²) >= 11 is 9.14. The molecule has 1 aromatic carbocycles. The molecule has 2 aromatic rings. The molecule has 0 aliphatic heterocycles. The molecule has 0 spiro atoms. The molecule has 2 nitrogen and oxygen atoms in total. The lowest BCUT2D eigenvalue weighted by atomic mass is 10.0. The Morgan fingerprint density at radius 3 is 2.79 bits per heavy atom. The van der Waals surface area contributed by atoms with Crippen molar-refractivity contribution in [1.29, 1.82) is 0 Å². The summed E-state index contributed by atoms with van der Waals surface area (Å²) in [5.74, 6) is 1.08. The van der Waals surface area contributed by atoms with Crippen molar-refractivity contribution in [2.24, 2.45) is 0 Å². The summed E-state index contributed by atoms with van der Waals surface area (Å²) in [5.41, 5.74) is 1.01. The van der Waals surface area contributed by atoms with Crippen molar-refractivity contribution >= 4 is 40.5 Å². The lowest BCUT2D eigenvalue weighted by Crippen LogP contribution is -2.07. The number of benzene rings is 1. The molecule has 0 radical (unpaired) electrons. The van der Waals surface area contributed by atoms with Crippen molar-refractivity contribution in [2.75, 3.05) is 0 Å². The van der Waals surface area contributed by atoms with Gasteiger partial charge in [0.15, 0.2) is 5.78 Å². The van der Waals surface area contributed by atoms with Crippen LogP contribution in [0.1, 0.15) is 33.2 Å². The largest absolute Gasteiger partial charge is 0.293 e. The zero-order chi connectivity index (χ0) is 13.2. The van der Waals surface area contributed by atoms with Crippen LogP contribution >= 0.6 is 34.7 Å². The van der Waals surface area contributed by atoms with E-state index < -0.39 is 0 Å². The average molecular weight is 310 g/mol. The minimum atomic E-state index is 0.265. The van der Waals surface area contributed by atoms with Crippen LogP contribution in [0.4, 0.5) is 0 Å². The van der Waals surface area contributed by atoms with Crippen molar-refractivity contribution in [1.82, 2.24) is 4.98 Å². The van der Waals surface area contributed by atoms with Gasteiger partial charge in [-0.3, -0.25) is 4.79 Å². The summed E-state index contributed by atoms with van der Waals surface area (Å²) < 4.78 is 0. The second kappa shape index (κ2) is 5.65. The number of rotatable bonds is 3. The molecular formula is C14H12ClNOS2. The predicted molar refractivity (Wildman–Crippen MR) is 80.4 cm³/mol. The lowest BCUT2D eigenvalue weighted by Gasteiger charge is -2.06. The van der Waals surface area contributed by atoms with Crippen molar-refractivity contribution in [3.05, 3.63) is 44.9 Å². The van der Waals surface area contributed by atoms with Crippen LogP contribution in [0.25, 0.3) is 0 Å². The van der Waals surface area contributed by atoms with E-state index >= 15 is 0 Å². The van der Waals surface area contributed by atoms with Crippen molar-refractivity contribution in [3.8, 4) is 0 Å². The number of carbonyl (C=O) groups is 1. The number of Topliss-reactive ketones (excluding diaryl/α,β-unsaturated/α-hetero) is 1. The highest BCUT2D eigenvalue weighted by Gasteiger charge is 2.21. The van der Waals surface area contributed by atoms with E-state index in [1.807, 2.05) is 24.3 Å². The minimum Gasteiger partial charge on any atom is -0.293 e. The molecule has 0 atom stereocenters. The van der Waals surface area contributed by atoms with E-state index in [1.165, 1.54) is 4.90 Å². The Labute approximate surface area is 125 Å². The number of aryl methyl sites for hydroxylation is 1. The summed E-state index contributed by atoms with van der Waals surface area (Å²) in [6, 6.07) is 7.79. The number of ketones is 1. The molecule has 0 saturated heterocycles. The highest BCUT2D eigenvalue weighted by molar-refractivity contribution is 7.98. The zero-order valence-electron chi connectivity index (χ0n) is 10.2. The number of carbonyl (C=O) groups excluding carboxylic acids is 1. The van der Waals surface area contributed by atoms with E-state index in [1.54, 1.807) is 23.1 Å². The van der Waals surface area contributed by atoms with Gasteiger partial charge >= 0.3 is 0 Å². The standard InChI is InChI=1S/C14H12ClNOS2/c15-9-4-6-10(7-5-9)18-8-13-16-11-2-1-3-12(17)14(11)19-13/h4-7H,1-3,8H2. The van der Waals surface area contributed by atoms with Gasteiger partial charge in [-0.05, 0) is 37.1 Å². The van der Waals surface area contributed by atoms with Crippen molar-refractivity contribution < 1.29 is 4.79 Å². The first kappa shape index (κ1) is 13.2. The number of nitrogens with zero attached hydrogens (tertiary/aromatic N) is 1. The molecule has 0 bridgehead atoms. The first-order chi connectivity index (χ1) is 9.22. The van der Waals surface area contributed by atoms with Gasteiger partial charge in [0, 0.05) is 16.3 Å². The molecule has 0 unspecified atom stereocenters. The molecule has 1 aliphatic carbocycles. The van der Waals surface area contributed by atoms with E-state index in [2.05, 4.69) is 4.98 Å². The molecule has 1 aromatic heterocycles. The van der Waals surface area contributed by atoms with Gasteiger partial charge in [-0.1, -0.05) is 11.6 Å². The number of thiazole rings is 1. The van der Waals surface area contributed by atoms with Gasteiger partial charge in [0.1, 0.15) is 5.01 Å². The van der Waals surface area contributed by atoms with Crippen LogP contribution in [0, 0.1) is 0 Å². The quantitative estimate of drug-likeness (QED) is 0.776. The molecule has 0 saturated carbocycles. The predicted octanol–water partition coefficient (Wildman–Crippen LogP) is 4.61. The summed E-state index contributed by atoms with van der Waals surface area (Å²) in [6.07, 6.45) is 2.57. The Balaban J connectivity index is 1.70. The molecule has 0 N–H and O–H groups in total. The minimum absolute atomic E-state index is 0.265. The molecule has 0 fully saturated rings. The Morgan fingerprint density at radius 1 is 1.26 bits per heavy atom. The highest BCUT2D eigenvalue weighted by atomic mass is 35.5. The molecule has 1 aliphatic rings. The third-order valence-electron chi connectivity index (χ3n) is 2.99. The van der Waals surface area contributed by atoms with E-state index in [-0.39, 0.29) is 5.78 Å². The summed E-state index contributed by atoms with van der Waals surface area (Å²) in [4.78, 5) is 18.4. The fourth-order valence-corrected chi connectivity index (χ4v) is 4.15. The normalized spacial score (nSPS) is 14.5. The smallest absolute Gasteiger partial charge is 0.174 e. The maximum Gasteiger partial charge on any atom is 0.174 e. The fourth-order valence-electron chi connectivity index (χ4n) is 2.06. The molecule has 98 valence electrons. The maximum absolute atomic E-state index is 11.8. The third kappa shape index (κ3) is 3.02. The fraction of sp³-hybridized carbons (Fsp3) is 0.286. The van der Waals surface area contributed by atoms with Gasteiger partial charge in [-0.15, -0.1) is 23.1 Å². The van der Waals surface area contributed by atoms with Crippen molar-refractivity contribution in [3.63, 3.8) is 0 Å². The number of aromatic nitrogens is 1.